The lowest BCUT2D eigenvalue weighted by molar-refractivity contribution is -0.135. The minimum Gasteiger partial charge on any atom is -0.439 e. The zero-order valence-corrected chi connectivity index (χ0v) is 18.7. The summed E-state index contributed by atoms with van der Waals surface area (Å²) in [4.78, 5) is 28.2. The zero-order chi connectivity index (χ0) is 22.0. The van der Waals surface area contributed by atoms with E-state index < -0.39 is 36.4 Å². The van der Waals surface area contributed by atoms with E-state index >= 15 is 0 Å². The van der Waals surface area contributed by atoms with Crippen molar-refractivity contribution in [2.75, 3.05) is 13.2 Å². The van der Waals surface area contributed by atoms with Crippen molar-refractivity contribution < 1.29 is 18.7 Å². The minimum atomic E-state index is -1.21. The van der Waals surface area contributed by atoms with Gasteiger partial charge < -0.3 is 14.5 Å². The SMILES string of the molecule is CC(C)(C)C1CCC(N(C(=O)OCC(=O)N2C[C@@H](F)C[C@H]2C#N)C(C)(C)C)CC1. The fourth-order valence-corrected chi connectivity index (χ4v) is 4.63. The molecule has 1 aliphatic carbocycles. The Hall–Kier alpha value is -1.84. The van der Waals surface area contributed by atoms with Crippen LogP contribution in [-0.2, 0) is 9.53 Å². The number of carbonyl (C=O) groups is 2. The maximum atomic E-state index is 13.6. The highest BCUT2D eigenvalue weighted by Gasteiger charge is 2.40. The summed E-state index contributed by atoms with van der Waals surface area (Å²) < 4.78 is 18.9. The molecule has 2 fully saturated rings. The number of rotatable bonds is 3. The molecule has 2 rings (SSSR count). The van der Waals surface area contributed by atoms with Crippen LogP contribution in [0.25, 0.3) is 0 Å². The molecule has 7 heteroatoms. The lowest BCUT2D eigenvalue weighted by Gasteiger charge is -2.45. The third kappa shape index (κ3) is 5.83. The topological polar surface area (TPSA) is 73.6 Å². The largest absolute Gasteiger partial charge is 0.439 e. The highest BCUT2D eigenvalue weighted by Crippen LogP contribution is 2.40. The summed E-state index contributed by atoms with van der Waals surface area (Å²) in [7, 11) is 0. The molecule has 0 aromatic carbocycles. The Morgan fingerprint density at radius 1 is 1.14 bits per heavy atom. The second kappa shape index (κ2) is 8.89. The summed E-state index contributed by atoms with van der Waals surface area (Å²) in [5, 5.41) is 9.10. The summed E-state index contributed by atoms with van der Waals surface area (Å²) in [5.41, 5.74) is -0.183. The van der Waals surface area contributed by atoms with Crippen molar-refractivity contribution in [3.05, 3.63) is 0 Å². The molecular formula is C22H36FN3O3. The van der Waals surface area contributed by atoms with Crippen molar-refractivity contribution in [1.82, 2.24) is 9.80 Å². The maximum absolute atomic E-state index is 13.6. The first-order valence-corrected chi connectivity index (χ1v) is 10.6. The molecule has 164 valence electrons. The van der Waals surface area contributed by atoms with Gasteiger partial charge in [-0.15, -0.1) is 0 Å². The zero-order valence-electron chi connectivity index (χ0n) is 18.7. The Morgan fingerprint density at radius 3 is 2.21 bits per heavy atom. The molecule has 0 spiro atoms. The van der Waals surface area contributed by atoms with Crippen molar-refractivity contribution in [3.8, 4) is 6.07 Å². The monoisotopic (exact) mass is 409 g/mol. The Morgan fingerprint density at radius 2 is 1.72 bits per heavy atom. The predicted octanol–water partition coefficient (Wildman–Crippen LogP) is 4.29. The normalized spacial score (nSPS) is 28.0. The molecule has 2 amide bonds. The number of halogens is 1. The average Bonchev–Trinajstić information content (AvgIpc) is 2.99. The third-order valence-corrected chi connectivity index (χ3v) is 6.24. The molecule has 1 saturated heterocycles. The van der Waals surface area contributed by atoms with E-state index in [1.165, 1.54) is 4.90 Å². The highest BCUT2D eigenvalue weighted by molar-refractivity contribution is 5.81. The number of ether oxygens (including phenoxy) is 1. The highest BCUT2D eigenvalue weighted by atomic mass is 19.1. The van der Waals surface area contributed by atoms with Gasteiger partial charge >= 0.3 is 6.09 Å². The molecule has 0 unspecified atom stereocenters. The molecule has 0 radical (unpaired) electrons. The number of carbonyl (C=O) groups excluding carboxylic acids is 2. The summed E-state index contributed by atoms with van der Waals surface area (Å²) in [6.07, 6.45) is 2.23. The molecule has 29 heavy (non-hydrogen) atoms. The van der Waals surface area contributed by atoms with Gasteiger partial charge in [0.1, 0.15) is 12.2 Å². The molecule has 1 saturated carbocycles. The first-order chi connectivity index (χ1) is 13.3. The first kappa shape index (κ1) is 23.4. The molecule has 1 aliphatic heterocycles. The molecular weight excluding hydrogens is 373 g/mol. The van der Waals surface area contributed by atoms with Gasteiger partial charge in [0.05, 0.1) is 12.6 Å². The molecule has 2 atom stereocenters. The van der Waals surface area contributed by atoms with E-state index in [1.807, 2.05) is 26.8 Å². The van der Waals surface area contributed by atoms with Crippen molar-refractivity contribution in [3.63, 3.8) is 0 Å². The Kier molecular flexibility index (Phi) is 7.19. The standard InChI is InChI=1S/C22H36FN3O3/c1-21(2,3)15-7-9-17(10-8-15)26(22(4,5)6)20(28)29-14-19(27)25-13-16(23)11-18(25)12-24/h15-18H,7-11,13-14H2,1-6H3/t15?,16-,17?,18-/m0/s1. The Balaban J connectivity index is 1.98. The van der Waals surface area contributed by atoms with Gasteiger partial charge in [-0.1, -0.05) is 20.8 Å². The smallest absolute Gasteiger partial charge is 0.410 e. The van der Waals surface area contributed by atoms with Crippen molar-refractivity contribution in [2.24, 2.45) is 11.3 Å². The van der Waals surface area contributed by atoms with E-state index in [0.717, 1.165) is 25.7 Å². The van der Waals surface area contributed by atoms with E-state index in [4.69, 9.17) is 10.00 Å². The summed E-state index contributed by atoms with van der Waals surface area (Å²) in [5.74, 6) is 0.111. The minimum absolute atomic E-state index is 0.0152. The number of nitrogens with zero attached hydrogens (tertiary/aromatic N) is 3. The fraction of sp³-hybridized carbons (Fsp3) is 0.864. The quantitative estimate of drug-likeness (QED) is 0.697. The number of hydrogen-bond acceptors (Lipinski definition) is 4. The second-order valence-corrected chi connectivity index (χ2v) is 10.5. The van der Waals surface area contributed by atoms with Crippen LogP contribution in [0.5, 0.6) is 0 Å². The van der Waals surface area contributed by atoms with Gasteiger partial charge in [-0.05, 0) is 57.8 Å². The summed E-state index contributed by atoms with van der Waals surface area (Å²) in [6.45, 7) is 12.1. The van der Waals surface area contributed by atoms with E-state index in [0.29, 0.717) is 5.92 Å². The average molecular weight is 410 g/mol. The number of hydrogen-bond donors (Lipinski definition) is 0. The van der Waals surface area contributed by atoms with Gasteiger partial charge in [0, 0.05) is 18.0 Å². The molecule has 0 aromatic rings. The fourth-order valence-electron chi connectivity index (χ4n) is 4.63. The van der Waals surface area contributed by atoms with Crippen molar-refractivity contribution in [1.29, 1.82) is 5.26 Å². The van der Waals surface area contributed by atoms with Crippen LogP contribution in [0.3, 0.4) is 0 Å². The molecule has 0 N–H and O–H groups in total. The van der Waals surface area contributed by atoms with Crippen LogP contribution in [-0.4, -0.2) is 58.7 Å². The van der Waals surface area contributed by atoms with Crippen LogP contribution in [0.1, 0.15) is 73.6 Å². The van der Waals surface area contributed by atoms with E-state index in [2.05, 4.69) is 20.8 Å². The van der Waals surface area contributed by atoms with Gasteiger partial charge in [-0.3, -0.25) is 4.79 Å². The van der Waals surface area contributed by atoms with Gasteiger partial charge in [0.2, 0.25) is 0 Å². The number of amides is 2. The summed E-state index contributed by atoms with van der Waals surface area (Å²) in [6, 6.07) is 1.23. The van der Waals surface area contributed by atoms with Crippen LogP contribution in [0.4, 0.5) is 9.18 Å². The number of likely N-dealkylation sites (tertiary alicyclic amines) is 1. The molecule has 1 heterocycles. The second-order valence-electron chi connectivity index (χ2n) is 10.5. The van der Waals surface area contributed by atoms with Gasteiger partial charge in [-0.25, -0.2) is 9.18 Å². The van der Waals surface area contributed by atoms with E-state index in [1.54, 1.807) is 4.90 Å². The van der Waals surface area contributed by atoms with Gasteiger partial charge in [0.15, 0.2) is 6.61 Å². The molecule has 0 aromatic heterocycles. The lowest BCUT2D eigenvalue weighted by Crippen LogP contribution is -2.53. The number of alkyl halides is 1. The lowest BCUT2D eigenvalue weighted by atomic mass is 9.71. The molecule has 2 aliphatic rings. The van der Waals surface area contributed by atoms with E-state index in [-0.39, 0.29) is 24.4 Å². The maximum Gasteiger partial charge on any atom is 0.410 e. The third-order valence-electron chi connectivity index (χ3n) is 6.24. The first-order valence-electron chi connectivity index (χ1n) is 10.6. The summed E-state index contributed by atoms with van der Waals surface area (Å²) >= 11 is 0. The molecule has 0 bridgehead atoms. The van der Waals surface area contributed by atoms with Crippen LogP contribution < -0.4 is 0 Å². The van der Waals surface area contributed by atoms with Crippen LogP contribution in [0.2, 0.25) is 0 Å². The van der Waals surface area contributed by atoms with Gasteiger partial charge in [0.25, 0.3) is 5.91 Å². The number of nitriles is 1. The molecule has 6 nitrogen and oxygen atoms in total. The van der Waals surface area contributed by atoms with Crippen molar-refractivity contribution in [2.45, 2.75) is 97.4 Å². The van der Waals surface area contributed by atoms with Crippen LogP contribution in [0.15, 0.2) is 0 Å². The van der Waals surface area contributed by atoms with Crippen LogP contribution in [0, 0.1) is 22.7 Å². The Labute approximate surface area is 174 Å². The van der Waals surface area contributed by atoms with E-state index in [9.17, 15) is 14.0 Å². The van der Waals surface area contributed by atoms with Gasteiger partial charge in [-0.2, -0.15) is 5.26 Å². The van der Waals surface area contributed by atoms with Crippen LogP contribution >= 0.6 is 0 Å². The predicted molar refractivity (Wildman–Crippen MR) is 109 cm³/mol. The Bertz CT molecular complexity index is 639. The van der Waals surface area contributed by atoms with Crippen molar-refractivity contribution >= 4 is 12.0 Å².